The number of hydrogen-bond acceptors (Lipinski definition) is 7. The first-order valence-electron chi connectivity index (χ1n) is 8.62. The van der Waals surface area contributed by atoms with Gasteiger partial charge in [0.15, 0.2) is 16.7 Å². The lowest BCUT2D eigenvalue weighted by Crippen LogP contribution is -2.11. The first-order valence-corrected chi connectivity index (χ1v) is 10.3. The van der Waals surface area contributed by atoms with Crippen LogP contribution in [0.4, 0.5) is 0 Å². The number of para-hydroxylation sites is 1. The summed E-state index contributed by atoms with van der Waals surface area (Å²) in [5, 5.41) is 19.9. The molecular weight excluding hydrogens is 460 g/mol. The zero-order chi connectivity index (χ0) is 21.0. The van der Waals surface area contributed by atoms with E-state index in [4.69, 9.17) is 9.47 Å². The van der Waals surface area contributed by atoms with Crippen LogP contribution in [0.3, 0.4) is 0 Å². The summed E-state index contributed by atoms with van der Waals surface area (Å²) < 4.78 is 13.3. The zero-order valence-electron chi connectivity index (χ0n) is 16.0. The maximum Gasteiger partial charge on any atom is 0.220 e. The second-order valence-corrected chi connectivity index (χ2v) is 8.09. The van der Waals surface area contributed by atoms with Gasteiger partial charge in [-0.3, -0.25) is 14.7 Å². The Morgan fingerprint density at radius 1 is 1.21 bits per heavy atom. The Kier molecular flexibility index (Phi) is 6.75. The van der Waals surface area contributed by atoms with E-state index < -0.39 is 5.25 Å². The monoisotopic (exact) mass is 478 g/mol. The van der Waals surface area contributed by atoms with E-state index in [1.54, 1.807) is 12.1 Å². The van der Waals surface area contributed by atoms with Crippen molar-refractivity contribution >= 4 is 27.7 Å². The fourth-order valence-electron chi connectivity index (χ4n) is 2.89. The summed E-state index contributed by atoms with van der Waals surface area (Å²) in [5.41, 5.74) is 1.61. The minimum atomic E-state index is -0.507. The second-order valence-electron chi connectivity index (χ2n) is 6.06. The van der Waals surface area contributed by atoms with Gasteiger partial charge in [-0.1, -0.05) is 30.0 Å². The molecule has 152 valence electrons. The van der Waals surface area contributed by atoms with Crippen molar-refractivity contribution in [3.63, 3.8) is 0 Å². The molecule has 0 fully saturated rings. The average Bonchev–Trinajstić information content (AvgIpc) is 3.07. The zero-order valence-corrected chi connectivity index (χ0v) is 18.4. The molecule has 2 aromatic carbocycles. The van der Waals surface area contributed by atoms with Crippen LogP contribution in [0.1, 0.15) is 16.6 Å². The standard InChI is InChI=1S/C19H19BrN4O4S/c1-12-21-22-19(24(12)14-7-5-4-6-8-14)29-17(11-23(25)26)13-9-15(20)18(28-3)16(10-13)27-2/h4-10,17H,11H2,1-3H3/t17-/m0/s1. The maximum atomic E-state index is 11.4. The third-order valence-corrected chi connectivity index (χ3v) is 5.97. The summed E-state index contributed by atoms with van der Waals surface area (Å²) in [4.78, 5) is 11.0. The molecule has 0 N–H and O–H groups in total. The van der Waals surface area contributed by atoms with Crippen LogP contribution in [-0.2, 0) is 0 Å². The lowest BCUT2D eigenvalue weighted by Gasteiger charge is -2.17. The van der Waals surface area contributed by atoms with Crippen molar-refractivity contribution in [3.05, 3.63) is 68.4 Å². The van der Waals surface area contributed by atoms with Crippen molar-refractivity contribution in [1.29, 1.82) is 0 Å². The van der Waals surface area contributed by atoms with Crippen LogP contribution in [0, 0.1) is 17.0 Å². The van der Waals surface area contributed by atoms with Gasteiger partial charge < -0.3 is 9.47 Å². The minimum absolute atomic E-state index is 0.284. The molecule has 3 rings (SSSR count). The van der Waals surface area contributed by atoms with E-state index >= 15 is 0 Å². The molecule has 0 aliphatic carbocycles. The number of ether oxygens (including phenoxy) is 2. The molecular formula is C19H19BrN4O4S. The molecule has 10 heteroatoms. The van der Waals surface area contributed by atoms with Gasteiger partial charge in [-0.2, -0.15) is 0 Å². The molecule has 0 radical (unpaired) electrons. The second kappa shape index (κ2) is 9.27. The summed E-state index contributed by atoms with van der Waals surface area (Å²) in [5.74, 6) is 1.72. The molecule has 0 amide bonds. The van der Waals surface area contributed by atoms with Crippen LogP contribution >= 0.6 is 27.7 Å². The Bertz CT molecular complexity index is 1010. The van der Waals surface area contributed by atoms with Crippen molar-refractivity contribution in [2.24, 2.45) is 0 Å². The van der Waals surface area contributed by atoms with Gasteiger partial charge in [0, 0.05) is 10.6 Å². The van der Waals surface area contributed by atoms with E-state index in [1.165, 1.54) is 26.0 Å². The fraction of sp³-hybridized carbons (Fsp3) is 0.263. The lowest BCUT2D eigenvalue weighted by atomic mass is 10.1. The third kappa shape index (κ3) is 4.70. The van der Waals surface area contributed by atoms with E-state index in [-0.39, 0.29) is 11.5 Å². The Balaban J connectivity index is 2.03. The van der Waals surface area contributed by atoms with Crippen LogP contribution < -0.4 is 9.47 Å². The fourth-order valence-corrected chi connectivity index (χ4v) is 4.67. The van der Waals surface area contributed by atoms with Gasteiger partial charge in [0.25, 0.3) is 0 Å². The van der Waals surface area contributed by atoms with Gasteiger partial charge in [0.1, 0.15) is 11.1 Å². The number of nitro groups is 1. The summed E-state index contributed by atoms with van der Waals surface area (Å²) in [7, 11) is 3.07. The third-order valence-electron chi connectivity index (χ3n) is 4.20. The number of rotatable bonds is 8. The van der Waals surface area contributed by atoms with E-state index in [0.29, 0.717) is 27.0 Å². The van der Waals surface area contributed by atoms with Gasteiger partial charge in [-0.25, -0.2) is 0 Å². The van der Waals surface area contributed by atoms with Gasteiger partial charge in [0.05, 0.1) is 18.7 Å². The molecule has 1 atom stereocenters. The molecule has 29 heavy (non-hydrogen) atoms. The predicted molar refractivity (Wildman–Crippen MR) is 114 cm³/mol. The Morgan fingerprint density at radius 2 is 1.93 bits per heavy atom. The molecule has 0 saturated heterocycles. The van der Waals surface area contributed by atoms with Crippen LogP contribution in [0.15, 0.2) is 52.1 Å². The molecule has 0 bridgehead atoms. The molecule has 0 aliphatic rings. The molecule has 1 aromatic heterocycles. The highest BCUT2D eigenvalue weighted by Gasteiger charge is 2.26. The molecule has 0 aliphatic heterocycles. The van der Waals surface area contributed by atoms with Crippen LogP contribution in [0.25, 0.3) is 5.69 Å². The number of nitrogens with zero attached hydrogens (tertiary/aromatic N) is 4. The van der Waals surface area contributed by atoms with Gasteiger partial charge in [0.2, 0.25) is 6.54 Å². The highest BCUT2D eigenvalue weighted by atomic mass is 79.9. The van der Waals surface area contributed by atoms with Crippen LogP contribution in [-0.4, -0.2) is 40.5 Å². The van der Waals surface area contributed by atoms with Gasteiger partial charge in [-0.15, -0.1) is 10.2 Å². The first-order chi connectivity index (χ1) is 13.9. The highest BCUT2D eigenvalue weighted by molar-refractivity contribution is 9.10. The van der Waals surface area contributed by atoms with E-state index in [1.807, 2.05) is 41.8 Å². The maximum absolute atomic E-state index is 11.4. The van der Waals surface area contributed by atoms with Crippen LogP contribution in [0.2, 0.25) is 0 Å². The van der Waals surface area contributed by atoms with Crippen LogP contribution in [0.5, 0.6) is 11.5 Å². The molecule has 0 saturated carbocycles. The number of thioether (sulfide) groups is 1. The SMILES string of the molecule is COc1cc([C@H](C[N+](=O)[O-])Sc2nnc(C)n2-c2ccccc2)cc(Br)c1OC. The van der Waals surface area contributed by atoms with Gasteiger partial charge >= 0.3 is 0 Å². The summed E-state index contributed by atoms with van der Waals surface area (Å²) in [6, 6.07) is 13.2. The number of benzene rings is 2. The summed E-state index contributed by atoms with van der Waals surface area (Å²) >= 11 is 4.74. The first kappa shape index (κ1) is 21.1. The quantitative estimate of drug-likeness (QED) is 0.268. The summed E-state index contributed by atoms with van der Waals surface area (Å²) in [6.45, 7) is 1.56. The molecule has 0 unspecified atom stereocenters. The number of halogens is 1. The normalized spacial score (nSPS) is 11.9. The number of aromatic nitrogens is 3. The van der Waals surface area contributed by atoms with Crippen molar-refractivity contribution in [2.45, 2.75) is 17.3 Å². The minimum Gasteiger partial charge on any atom is -0.493 e. The highest BCUT2D eigenvalue weighted by Crippen LogP contribution is 2.42. The van der Waals surface area contributed by atoms with Crippen molar-refractivity contribution < 1.29 is 14.4 Å². The lowest BCUT2D eigenvalue weighted by molar-refractivity contribution is -0.479. The largest absolute Gasteiger partial charge is 0.493 e. The van der Waals surface area contributed by atoms with Gasteiger partial charge in [-0.05, 0) is 52.7 Å². The van der Waals surface area contributed by atoms with E-state index in [0.717, 1.165) is 11.3 Å². The van der Waals surface area contributed by atoms with Crippen molar-refractivity contribution in [1.82, 2.24) is 14.8 Å². The summed E-state index contributed by atoms with van der Waals surface area (Å²) in [6.07, 6.45) is 0. The predicted octanol–water partition coefficient (Wildman–Crippen LogP) is 4.47. The number of methoxy groups -OCH3 is 2. The van der Waals surface area contributed by atoms with Crippen molar-refractivity contribution in [2.75, 3.05) is 20.8 Å². The average molecular weight is 479 g/mol. The Labute approximate surface area is 180 Å². The Hall–Kier alpha value is -2.59. The van der Waals surface area contributed by atoms with E-state index in [2.05, 4.69) is 26.1 Å². The smallest absolute Gasteiger partial charge is 0.220 e. The molecule has 3 aromatic rings. The number of hydrogen-bond donors (Lipinski definition) is 0. The molecule has 8 nitrogen and oxygen atoms in total. The number of aryl methyl sites for hydroxylation is 1. The van der Waals surface area contributed by atoms with E-state index in [9.17, 15) is 10.1 Å². The molecule has 0 spiro atoms. The topological polar surface area (TPSA) is 92.3 Å². The van der Waals surface area contributed by atoms with Crippen molar-refractivity contribution in [3.8, 4) is 17.2 Å². The Morgan fingerprint density at radius 3 is 2.55 bits per heavy atom. The molecule has 1 heterocycles.